The smallest absolute Gasteiger partial charge is 0.227 e. The van der Waals surface area contributed by atoms with E-state index in [0.29, 0.717) is 13.0 Å². The molecule has 0 spiro atoms. The van der Waals surface area contributed by atoms with E-state index < -0.39 is 0 Å². The summed E-state index contributed by atoms with van der Waals surface area (Å²) < 4.78 is 0. The van der Waals surface area contributed by atoms with E-state index in [9.17, 15) is 14.4 Å². The average Bonchev–Trinajstić information content (AvgIpc) is 2.35. The van der Waals surface area contributed by atoms with Crippen LogP contribution in [0.2, 0.25) is 0 Å². The fraction of sp³-hybridized carbons (Fsp3) is 0.357. The predicted molar refractivity (Wildman–Crippen MR) is 70.5 cm³/mol. The number of aryl methyl sites for hydroxylation is 1. The first kappa shape index (κ1) is 13.3. The van der Waals surface area contributed by atoms with Crippen molar-refractivity contribution < 1.29 is 14.4 Å². The Morgan fingerprint density at radius 2 is 2.11 bits per heavy atom. The molecule has 1 aromatic carbocycles. The molecule has 0 atom stereocenters. The average molecular weight is 260 g/mol. The Morgan fingerprint density at radius 1 is 1.32 bits per heavy atom. The summed E-state index contributed by atoms with van der Waals surface area (Å²) in [6.07, 6.45) is 1.13. The van der Waals surface area contributed by atoms with Crippen LogP contribution in [0.3, 0.4) is 0 Å². The molecule has 2 amide bonds. The zero-order valence-electron chi connectivity index (χ0n) is 10.8. The van der Waals surface area contributed by atoms with Gasteiger partial charge in [-0.25, -0.2) is 0 Å². The van der Waals surface area contributed by atoms with Gasteiger partial charge in [0.2, 0.25) is 11.8 Å². The van der Waals surface area contributed by atoms with Crippen LogP contribution in [0.4, 0.5) is 5.69 Å². The molecule has 0 bridgehead atoms. The van der Waals surface area contributed by atoms with Gasteiger partial charge in [-0.1, -0.05) is 12.1 Å². The van der Waals surface area contributed by atoms with E-state index in [1.807, 2.05) is 18.2 Å². The standard InChI is InChI=1S/C14H16N2O3/c1-9(17)6-14(19)15-8-10-2-4-12-11(7-10)3-5-13(18)16-12/h2,4,7H,3,5-6,8H2,1H3,(H,15,19)(H,16,18). The van der Waals surface area contributed by atoms with Crippen LogP contribution in [0.5, 0.6) is 0 Å². The summed E-state index contributed by atoms with van der Waals surface area (Å²) in [5.74, 6) is -0.376. The third kappa shape index (κ3) is 3.64. The summed E-state index contributed by atoms with van der Waals surface area (Å²) in [5.41, 5.74) is 2.89. The zero-order valence-corrected chi connectivity index (χ0v) is 10.8. The maximum atomic E-state index is 11.4. The van der Waals surface area contributed by atoms with E-state index in [2.05, 4.69) is 10.6 Å². The van der Waals surface area contributed by atoms with E-state index in [1.54, 1.807) is 0 Å². The first-order chi connectivity index (χ1) is 9.04. The van der Waals surface area contributed by atoms with E-state index in [4.69, 9.17) is 0 Å². The highest BCUT2D eigenvalue weighted by atomic mass is 16.2. The van der Waals surface area contributed by atoms with Crippen molar-refractivity contribution in [1.29, 1.82) is 0 Å². The molecule has 0 unspecified atom stereocenters. The van der Waals surface area contributed by atoms with Gasteiger partial charge in [-0.3, -0.25) is 14.4 Å². The lowest BCUT2D eigenvalue weighted by Crippen LogP contribution is -2.25. The highest BCUT2D eigenvalue weighted by molar-refractivity contribution is 5.96. The third-order valence-electron chi connectivity index (χ3n) is 2.96. The van der Waals surface area contributed by atoms with Crippen molar-refractivity contribution in [3.63, 3.8) is 0 Å². The van der Waals surface area contributed by atoms with Gasteiger partial charge < -0.3 is 10.6 Å². The Labute approximate surface area is 111 Å². The van der Waals surface area contributed by atoms with Crippen molar-refractivity contribution in [3.8, 4) is 0 Å². The highest BCUT2D eigenvalue weighted by Crippen LogP contribution is 2.23. The lowest BCUT2D eigenvalue weighted by Gasteiger charge is -2.17. The van der Waals surface area contributed by atoms with Crippen molar-refractivity contribution in [2.75, 3.05) is 5.32 Å². The largest absolute Gasteiger partial charge is 0.352 e. The summed E-state index contributed by atoms with van der Waals surface area (Å²) in [6, 6.07) is 5.68. The number of Topliss-reactive ketones (excluding diaryl/α,β-unsaturated/α-hetero) is 1. The first-order valence-corrected chi connectivity index (χ1v) is 6.22. The number of carbonyl (C=O) groups is 3. The van der Waals surface area contributed by atoms with Gasteiger partial charge in [0.15, 0.2) is 0 Å². The highest BCUT2D eigenvalue weighted by Gasteiger charge is 2.14. The molecule has 19 heavy (non-hydrogen) atoms. The SMILES string of the molecule is CC(=O)CC(=O)NCc1ccc2c(c1)CCC(=O)N2. The molecule has 5 nitrogen and oxygen atoms in total. The molecule has 0 aliphatic carbocycles. The van der Waals surface area contributed by atoms with Gasteiger partial charge in [-0.2, -0.15) is 0 Å². The van der Waals surface area contributed by atoms with Crippen LogP contribution in [0.25, 0.3) is 0 Å². The number of rotatable bonds is 4. The third-order valence-corrected chi connectivity index (χ3v) is 2.96. The minimum absolute atomic E-state index is 0.0370. The summed E-state index contributed by atoms with van der Waals surface area (Å²) in [4.78, 5) is 33.4. The van der Waals surface area contributed by atoms with Gasteiger partial charge in [0.1, 0.15) is 5.78 Å². The van der Waals surface area contributed by atoms with E-state index in [1.165, 1.54) is 6.92 Å². The van der Waals surface area contributed by atoms with E-state index >= 15 is 0 Å². The number of anilines is 1. The predicted octanol–water partition coefficient (Wildman–Crippen LogP) is 1.17. The molecule has 1 aliphatic rings. The normalized spacial score (nSPS) is 13.4. The van der Waals surface area contributed by atoms with Crippen LogP contribution in [0, 0.1) is 0 Å². The Hall–Kier alpha value is -2.17. The number of amides is 2. The molecule has 100 valence electrons. The molecule has 1 aliphatic heterocycles. The van der Waals surface area contributed by atoms with E-state index in [-0.39, 0.29) is 24.0 Å². The van der Waals surface area contributed by atoms with Crippen molar-refractivity contribution in [3.05, 3.63) is 29.3 Å². The van der Waals surface area contributed by atoms with Gasteiger partial charge in [0.25, 0.3) is 0 Å². The maximum absolute atomic E-state index is 11.4. The van der Waals surface area contributed by atoms with Crippen molar-refractivity contribution in [2.24, 2.45) is 0 Å². The Balaban J connectivity index is 1.97. The summed E-state index contributed by atoms with van der Waals surface area (Å²) in [6.45, 7) is 1.79. The molecule has 2 rings (SSSR count). The van der Waals surface area contributed by atoms with Crippen LogP contribution < -0.4 is 10.6 Å². The molecule has 2 N–H and O–H groups in total. The molecular formula is C14H16N2O3. The second kappa shape index (κ2) is 5.65. The van der Waals surface area contributed by atoms with Gasteiger partial charge in [-0.05, 0) is 30.5 Å². The molecule has 0 aromatic heterocycles. The Morgan fingerprint density at radius 3 is 2.84 bits per heavy atom. The summed E-state index contributed by atoms with van der Waals surface area (Å²) in [7, 11) is 0. The zero-order chi connectivity index (χ0) is 13.8. The summed E-state index contributed by atoms with van der Waals surface area (Å²) >= 11 is 0. The van der Waals surface area contributed by atoms with Crippen LogP contribution in [0.15, 0.2) is 18.2 Å². The van der Waals surface area contributed by atoms with Gasteiger partial charge in [-0.15, -0.1) is 0 Å². The number of benzene rings is 1. The maximum Gasteiger partial charge on any atom is 0.227 e. The molecule has 0 saturated heterocycles. The molecule has 0 fully saturated rings. The number of hydrogen-bond donors (Lipinski definition) is 2. The number of nitrogens with one attached hydrogen (secondary N) is 2. The minimum atomic E-state index is -0.265. The van der Waals surface area contributed by atoms with Crippen LogP contribution in [-0.4, -0.2) is 17.6 Å². The van der Waals surface area contributed by atoms with Gasteiger partial charge in [0, 0.05) is 18.7 Å². The second-order valence-corrected chi connectivity index (χ2v) is 4.70. The molecule has 0 saturated carbocycles. The quantitative estimate of drug-likeness (QED) is 0.798. The minimum Gasteiger partial charge on any atom is -0.352 e. The lowest BCUT2D eigenvalue weighted by atomic mass is 10.0. The molecule has 1 heterocycles. The number of ketones is 1. The van der Waals surface area contributed by atoms with Crippen molar-refractivity contribution >= 4 is 23.3 Å². The van der Waals surface area contributed by atoms with Crippen LogP contribution in [-0.2, 0) is 27.3 Å². The fourth-order valence-corrected chi connectivity index (χ4v) is 2.04. The van der Waals surface area contributed by atoms with Crippen LogP contribution in [0.1, 0.15) is 30.9 Å². The Kier molecular flexibility index (Phi) is 3.94. The Bertz CT molecular complexity index is 537. The summed E-state index contributed by atoms with van der Waals surface area (Å²) in [5, 5.41) is 5.51. The molecule has 0 radical (unpaired) electrons. The monoisotopic (exact) mass is 260 g/mol. The van der Waals surface area contributed by atoms with Gasteiger partial charge in [0.05, 0.1) is 6.42 Å². The lowest BCUT2D eigenvalue weighted by molar-refractivity contribution is -0.127. The number of fused-ring (bicyclic) bond motifs is 1. The number of hydrogen-bond acceptors (Lipinski definition) is 3. The first-order valence-electron chi connectivity index (χ1n) is 6.22. The van der Waals surface area contributed by atoms with Gasteiger partial charge >= 0.3 is 0 Å². The van der Waals surface area contributed by atoms with Crippen molar-refractivity contribution in [2.45, 2.75) is 32.7 Å². The molecule has 1 aromatic rings. The van der Waals surface area contributed by atoms with Crippen LogP contribution >= 0.6 is 0 Å². The molecular weight excluding hydrogens is 244 g/mol. The molecule has 5 heteroatoms. The second-order valence-electron chi connectivity index (χ2n) is 4.70. The fourth-order valence-electron chi connectivity index (χ4n) is 2.04. The van der Waals surface area contributed by atoms with E-state index in [0.717, 1.165) is 23.2 Å². The number of carbonyl (C=O) groups excluding carboxylic acids is 3. The topological polar surface area (TPSA) is 75.3 Å². The van der Waals surface area contributed by atoms with Crippen molar-refractivity contribution in [1.82, 2.24) is 5.32 Å².